The molecule has 1 fully saturated rings. The van der Waals surface area contributed by atoms with Gasteiger partial charge in [-0.3, -0.25) is 0 Å². The van der Waals surface area contributed by atoms with Gasteiger partial charge in [-0.2, -0.15) is 0 Å². The normalized spacial score (nSPS) is 17.1. The second-order valence-electron chi connectivity index (χ2n) is 6.08. The van der Waals surface area contributed by atoms with E-state index in [4.69, 9.17) is 0 Å². The minimum absolute atomic E-state index is 0. The molecule has 0 amide bonds. The average Bonchev–Trinajstić information content (AvgIpc) is 3.22. The van der Waals surface area contributed by atoms with Crippen LogP contribution >= 0.6 is 39.9 Å². The number of hydrogen-bond acceptors (Lipinski definition) is 4. The third-order valence-electron chi connectivity index (χ3n) is 4.25. The van der Waals surface area contributed by atoms with Crippen LogP contribution in [0.3, 0.4) is 0 Å². The van der Waals surface area contributed by atoms with Crippen molar-refractivity contribution < 1.29 is 0 Å². The number of aryl methyl sites for hydroxylation is 1. The summed E-state index contributed by atoms with van der Waals surface area (Å²) in [5, 5.41) is 14.8. The Balaban J connectivity index is 0.00000243. The fourth-order valence-electron chi connectivity index (χ4n) is 2.92. The molecule has 1 aliphatic rings. The molecule has 7 nitrogen and oxygen atoms in total. The number of nitrogens with zero attached hydrogens (tertiary/aromatic N) is 5. The van der Waals surface area contributed by atoms with E-state index in [1.807, 2.05) is 17.7 Å². The largest absolute Gasteiger partial charge is 0.368 e. The highest BCUT2D eigenvalue weighted by molar-refractivity contribution is 14.0. The Morgan fingerprint density at radius 3 is 2.88 bits per heavy atom. The summed E-state index contributed by atoms with van der Waals surface area (Å²) >= 11 is 3.64. The number of anilines is 1. The third-order valence-corrected chi connectivity index (χ3v) is 4.92. The van der Waals surface area contributed by atoms with Crippen LogP contribution in [-0.2, 0) is 13.6 Å². The fourth-order valence-corrected chi connectivity index (χ4v) is 3.45. The van der Waals surface area contributed by atoms with Gasteiger partial charge in [0.15, 0.2) is 11.8 Å². The predicted molar refractivity (Wildman–Crippen MR) is 119 cm³/mol. The van der Waals surface area contributed by atoms with Crippen molar-refractivity contribution in [3.05, 3.63) is 40.9 Å². The smallest absolute Gasteiger partial charge is 0.191 e. The lowest BCUT2D eigenvalue weighted by Gasteiger charge is -2.21. The zero-order valence-electron chi connectivity index (χ0n) is 15.0. The van der Waals surface area contributed by atoms with Gasteiger partial charge in [0.05, 0.1) is 5.69 Å². The Morgan fingerprint density at radius 1 is 1.38 bits per heavy atom. The zero-order valence-corrected chi connectivity index (χ0v) is 18.9. The van der Waals surface area contributed by atoms with Gasteiger partial charge in [-0.15, -0.1) is 34.2 Å². The average molecular weight is 534 g/mol. The van der Waals surface area contributed by atoms with E-state index < -0.39 is 0 Å². The van der Waals surface area contributed by atoms with E-state index in [1.54, 1.807) is 6.33 Å². The number of benzene rings is 1. The molecule has 1 saturated heterocycles. The van der Waals surface area contributed by atoms with Gasteiger partial charge in [-0.05, 0) is 41.4 Å². The standard InChI is InChI=1S/C17H24BrN7.HI/c1-3-19-17(20-10-16-23-21-12-24(16)2)22-13-8-9-25(11-13)15-7-5-4-6-14(15)18;/h4-7,12-13H,3,8-11H2,1-2H3,(H2,19,20,22);1H. The SMILES string of the molecule is CCNC(=NCc1nncn1C)NC1CCN(c2ccccc2Br)C1.I. The van der Waals surface area contributed by atoms with E-state index in [0.29, 0.717) is 12.6 Å². The molecule has 9 heteroatoms. The molecule has 2 aromatic rings. The Kier molecular flexibility index (Phi) is 8.14. The highest BCUT2D eigenvalue weighted by Crippen LogP contribution is 2.28. The van der Waals surface area contributed by atoms with Crippen LogP contribution in [0.4, 0.5) is 5.69 Å². The molecular formula is C17H25BrIN7. The van der Waals surface area contributed by atoms with Crippen LogP contribution in [0.5, 0.6) is 0 Å². The molecule has 2 heterocycles. The van der Waals surface area contributed by atoms with Crippen LogP contribution in [0.25, 0.3) is 0 Å². The summed E-state index contributed by atoms with van der Waals surface area (Å²) in [5.41, 5.74) is 1.24. The molecule has 0 saturated carbocycles. The lowest BCUT2D eigenvalue weighted by Crippen LogP contribution is -2.44. The summed E-state index contributed by atoms with van der Waals surface area (Å²) < 4.78 is 3.02. The van der Waals surface area contributed by atoms with Gasteiger partial charge < -0.3 is 20.1 Å². The van der Waals surface area contributed by atoms with Crippen LogP contribution in [0.2, 0.25) is 0 Å². The van der Waals surface area contributed by atoms with Gasteiger partial charge in [-0.1, -0.05) is 12.1 Å². The molecule has 0 bridgehead atoms. The quantitative estimate of drug-likeness (QED) is 0.351. The molecule has 1 aromatic carbocycles. The Bertz CT molecular complexity index is 733. The van der Waals surface area contributed by atoms with E-state index in [-0.39, 0.29) is 24.0 Å². The third kappa shape index (κ3) is 5.32. The number of aromatic nitrogens is 3. The van der Waals surface area contributed by atoms with Gasteiger partial charge in [0.2, 0.25) is 0 Å². The number of halogens is 2. The topological polar surface area (TPSA) is 70.4 Å². The van der Waals surface area contributed by atoms with Crippen LogP contribution < -0.4 is 15.5 Å². The van der Waals surface area contributed by atoms with Crippen molar-refractivity contribution >= 4 is 51.6 Å². The predicted octanol–water partition coefficient (Wildman–Crippen LogP) is 2.53. The molecule has 1 atom stereocenters. The number of nitrogens with one attached hydrogen (secondary N) is 2. The maximum atomic E-state index is 4.64. The molecular weight excluding hydrogens is 509 g/mol. The van der Waals surface area contributed by atoms with E-state index in [9.17, 15) is 0 Å². The van der Waals surface area contributed by atoms with E-state index in [2.05, 4.69) is 71.8 Å². The summed E-state index contributed by atoms with van der Waals surface area (Å²) in [4.78, 5) is 7.04. The van der Waals surface area contributed by atoms with E-state index in [1.165, 1.54) is 5.69 Å². The van der Waals surface area contributed by atoms with Crippen LogP contribution in [-0.4, -0.2) is 46.4 Å². The van der Waals surface area contributed by atoms with Crippen molar-refractivity contribution in [1.29, 1.82) is 0 Å². The van der Waals surface area contributed by atoms with Gasteiger partial charge in [-0.25, -0.2) is 4.99 Å². The van der Waals surface area contributed by atoms with Crippen molar-refractivity contribution in [3.63, 3.8) is 0 Å². The second kappa shape index (κ2) is 10.1. The highest BCUT2D eigenvalue weighted by Gasteiger charge is 2.24. The second-order valence-corrected chi connectivity index (χ2v) is 6.93. The molecule has 1 unspecified atom stereocenters. The Morgan fingerprint density at radius 2 is 2.19 bits per heavy atom. The molecule has 1 aromatic heterocycles. The van der Waals surface area contributed by atoms with Gasteiger partial charge in [0, 0.05) is 37.2 Å². The number of rotatable bonds is 5. The minimum Gasteiger partial charge on any atom is -0.368 e. The lowest BCUT2D eigenvalue weighted by molar-refractivity contribution is 0.647. The van der Waals surface area contributed by atoms with Crippen molar-refractivity contribution in [2.75, 3.05) is 24.5 Å². The highest BCUT2D eigenvalue weighted by atomic mass is 127. The molecule has 142 valence electrons. The molecule has 3 rings (SSSR count). The zero-order chi connectivity index (χ0) is 17.6. The number of aliphatic imine (C=N–C) groups is 1. The molecule has 1 aliphatic heterocycles. The summed E-state index contributed by atoms with van der Waals surface area (Å²) in [6, 6.07) is 8.72. The Labute approximate surface area is 179 Å². The number of hydrogen-bond donors (Lipinski definition) is 2. The summed E-state index contributed by atoms with van der Waals surface area (Å²) in [6.07, 6.45) is 2.77. The maximum absolute atomic E-state index is 4.64. The monoisotopic (exact) mass is 533 g/mol. The van der Waals surface area contributed by atoms with Crippen LogP contribution in [0.1, 0.15) is 19.2 Å². The van der Waals surface area contributed by atoms with Crippen molar-refractivity contribution in [2.45, 2.75) is 25.9 Å². The minimum atomic E-state index is 0. The molecule has 2 N–H and O–H groups in total. The van der Waals surface area contributed by atoms with E-state index >= 15 is 0 Å². The summed E-state index contributed by atoms with van der Waals surface area (Å²) in [6.45, 7) is 5.39. The van der Waals surface area contributed by atoms with Crippen molar-refractivity contribution in [2.24, 2.45) is 12.0 Å². The van der Waals surface area contributed by atoms with Crippen LogP contribution in [0, 0.1) is 0 Å². The van der Waals surface area contributed by atoms with Gasteiger partial charge in [0.25, 0.3) is 0 Å². The summed E-state index contributed by atoms with van der Waals surface area (Å²) in [5.74, 6) is 1.67. The lowest BCUT2D eigenvalue weighted by atomic mass is 10.3. The molecule has 0 radical (unpaired) electrons. The Hall–Kier alpha value is -1.36. The number of guanidine groups is 1. The van der Waals surface area contributed by atoms with Crippen LogP contribution in [0.15, 0.2) is 40.1 Å². The first kappa shape index (κ1) is 20.9. The molecule has 0 aliphatic carbocycles. The first-order valence-corrected chi connectivity index (χ1v) is 9.34. The molecule has 0 spiro atoms. The number of para-hydroxylation sites is 1. The summed E-state index contributed by atoms with van der Waals surface area (Å²) in [7, 11) is 1.93. The van der Waals surface area contributed by atoms with Crippen molar-refractivity contribution in [3.8, 4) is 0 Å². The molecule has 26 heavy (non-hydrogen) atoms. The first-order chi connectivity index (χ1) is 12.2. The maximum Gasteiger partial charge on any atom is 0.191 e. The van der Waals surface area contributed by atoms with Crippen molar-refractivity contribution in [1.82, 2.24) is 25.4 Å². The first-order valence-electron chi connectivity index (χ1n) is 8.54. The van der Waals surface area contributed by atoms with Gasteiger partial charge in [0.1, 0.15) is 12.9 Å². The van der Waals surface area contributed by atoms with E-state index in [0.717, 1.165) is 42.3 Å². The van der Waals surface area contributed by atoms with Gasteiger partial charge >= 0.3 is 0 Å². The fraction of sp³-hybridized carbons (Fsp3) is 0.471.